The first-order valence-corrected chi connectivity index (χ1v) is 12.0. The van der Waals surface area contributed by atoms with Crippen molar-refractivity contribution in [1.82, 2.24) is 15.3 Å². The molecule has 2 aromatic carbocycles. The molecule has 0 unspecified atom stereocenters. The van der Waals surface area contributed by atoms with Crippen LogP contribution in [0.2, 0.25) is 5.02 Å². The summed E-state index contributed by atoms with van der Waals surface area (Å²) in [5, 5.41) is 6.43. The third-order valence-electron chi connectivity index (χ3n) is 5.21. The molecule has 0 spiro atoms. The van der Waals surface area contributed by atoms with E-state index in [-0.39, 0.29) is 18.2 Å². The van der Waals surface area contributed by atoms with Crippen molar-refractivity contribution in [2.24, 2.45) is 0 Å². The van der Waals surface area contributed by atoms with Crippen LogP contribution in [0.3, 0.4) is 0 Å². The molecule has 11 heteroatoms. The fourth-order valence-corrected chi connectivity index (χ4v) is 3.61. The Morgan fingerprint density at radius 1 is 1.17 bits per heavy atom. The summed E-state index contributed by atoms with van der Waals surface area (Å²) >= 11 is 6.36. The maximum Gasteiger partial charge on any atom is 0.319 e. The number of halogens is 1. The van der Waals surface area contributed by atoms with Crippen LogP contribution in [0.5, 0.6) is 23.1 Å². The van der Waals surface area contributed by atoms with Crippen molar-refractivity contribution in [2.75, 3.05) is 38.9 Å². The predicted octanol–water partition coefficient (Wildman–Crippen LogP) is 4.80. The Hall–Kier alpha value is -3.34. The molecular weight excluding hydrogens is 488 g/mol. The van der Waals surface area contributed by atoms with E-state index < -0.39 is 0 Å². The number of hydrogen-bond donors (Lipinski definition) is 2. The highest BCUT2D eigenvalue weighted by molar-refractivity contribution is 6.33. The second kappa shape index (κ2) is 12.1. The number of carbonyl (C=O) groups is 1. The normalized spacial score (nSPS) is 13.4. The van der Waals surface area contributed by atoms with E-state index in [2.05, 4.69) is 20.6 Å². The molecule has 192 valence electrons. The van der Waals surface area contributed by atoms with E-state index in [9.17, 15) is 4.79 Å². The van der Waals surface area contributed by atoms with Crippen LogP contribution in [0, 0.1) is 0 Å². The molecular formula is C25H29ClN4O6. The van der Waals surface area contributed by atoms with Gasteiger partial charge < -0.3 is 34.3 Å². The van der Waals surface area contributed by atoms with Crippen LogP contribution in [0.1, 0.15) is 20.3 Å². The Morgan fingerprint density at radius 2 is 2.00 bits per heavy atom. The number of aromatic nitrogens is 2. The fraction of sp³-hybridized carbons (Fsp3) is 0.400. The fourth-order valence-electron chi connectivity index (χ4n) is 3.39. The summed E-state index contributed by atoms with van der Waals surface area (Å²) in [6, 6.07) is 8.18. The summed E-state index contributed by atoms with van der Waals surface area (Å²) in [4.78, 5) is 20.6. The van der Waals surface area contributed by atoms with Gasteiger partial charge in [0.05, 0.1) is 55.2 Å². The highest BCUT2D eigenvalue weighted by Gasteiger charge is 2.18. The molecule has 2 heterocycles. The van der Waals surface area contributed by atoms with Crippen LogP contribution >= 0.6 is 11.6 Å². The summed E-state index contributed by atoms with van der Waals surface area (Å²) in [6.45, 7) is 6.13. The largest absolute Gasteiger partial charge is 0.493 e. The maximum absolute atomic E-state index is 12.0. The van der Waals surface area contributed by atoms with Crippen molar-refractivity contribution < 1.29 is 28.5 Å². The molecule has 2 N–H and O–H groups in total. The number of nitrogens with one attached hydrogen (secondary N) is 2. The maximum atomic E-state index is 12.0. The quantitative estimate of drug-likeness (QED) is 0.349. The number of amides is 2. The number of fused-ring (bicyclic) bond motifs is 1. The summed E-state index contributed by atoms with van der Waals surface area (Å²) < 4.78 is 28.2. The molecule has 0 saturated carbocycles. The van der Waals surface area contributed by atoms with Gasteiger partial charge in [0.25, 0.3) is 0 Å². The molecule has 0 atom stereocenters. The second-order valence-electron chi connectivity index (χ2n) is 8.43. The molecule has 1 saturated heterocycles. The number of hydrogen-bond acceptors (Lipinski definition) is 8. The predicted molar refractivity (Wildman–Crippen MR) is 136 cm³/mol. The molecule has 3 aromatic rings. The Kier molecular flexibility index (Phi) is 8.63. The molecule has 1 aliphatic heterocycles. The Bertz CT molecular complexity index is 1200. The monoisotopic (exact) mass is 516 g/mol. The summed E-state index contributed by atoms with van der Waals surface area (Å²) in [5.41, 5.74) is 1.10. The van der Waals surface area contributed by atoms with E-state index in [1.165, 1.54) is 6.33 Å². The molecule has 4 rings (SSSR count). The number of urea groups is 1. The number of rotatable bonds is 11. The van der Waals surface area contributed by atoms with E-state index in [0.717, 1.165) is 6.42 Å². The minimum atomic E-state index is -0.340. The van der Waals surface area contributed by atoms with Crippen LogP contribution in [-0.4, -0.2) is 61.7 Å². The molecule has 36 heavy (non-hydrogen) atoms. The van der Waals surface area contributed by atoms with Crippen molar-refractivity contribution in [1.29, 1.82) is 0 Å². The lowest BCUT2D eigenvalue weighted by molar-refractivity contribution is -0.130. The average molecular weight is 517 g/mol. The van der Waals surface area contributed by atoms with Crippen LogP contribution in [0.4, 0.5) is 10.5 Å². The Labute approximate surface area is 214 Å². The van der Waals surface area contributed by atoms with Gasteiger partial charge in [-0.05, 0) is 32.0 Å². The number of anilines is 1. The third kappa shape index (κ3) is 6.66. The van der Waals surface area contributed by atoms with Gasteiger partial charge in [0.1, 0.15) is 18.2 Å². The van der Waals surface area contributed by atoms with Crippen molar-refractivity contribution >= 4 is 34.2 Å². The number of benzene rings is 2. The van der Waals surface area contributed by atoms with E-state index in [1.807, 2.05) is 13.8 Å². The van der Waals surface area contributed by atoms with Crippen molar-refractivity contribution in [2.45, 2.75) is 32.4 Å². The number of carbonyl (C=O) groups excluding carboxylic acids is 1. The van der Waals surface area contributed by atoms with Gasteiger partial charge in [-0.15, -0.1) is 0 Å². The van der Waals surface area contributed by atoms with Crippen LogP contribution < -0.4 is 24.8 Å². The van der Waals surface area contributed by atoms with Gasteiger partial charge in [-0.25, -0.2) is 14.8 Å². The Balaban J connectivity index is 1.44. The van der Waals surface area contributed by atoms with E-state index >= 15 is 0 Å². The minimum absolute atomic E-state index is 0.00170. The summed E-state index contributed by atoms with van der Waals surface area (Å²) in [6.07, 6.45) is 2.35. The lowest BCUT2D eigenvalue weighted by Crippen LogP contribution is -2.36. The molecule has 1 aromatic heterocycles. The van der Waals surface area contributed by atoms with E-state index in [1.54, 1.807) is 37.4 Å². The molecule has 10 nitrogen and oxygen atoms in total. The topological polar surface area (TPSA) is 113 Å². The first-order chi connectivity index (χ1) is 17.4. The lowest BCUT2D eigenvalue weighted by Gasteiger charge is -2.25. The van der Waals surface area contributed by atoms with Gasteiger partial charge in [0, 0.05) is 24.6 Å². The van der Waals surface area contributed by atoms with Gasteiger partial charge in [-0.3, -0.25) is 0 Å². The zero-order valence-corrected chi connectivity index (χ0v) is 21.1. The zero-order chi connectivity index (χ0) is 25.5. The molecule has 1 fully saturated rings. The van der Waals surface area contributed by atoms with Crippen molar-refractivity contribution in [3.8, 4) is 23.1 Å². The standard InChI is InChI=1S/C25H29ClN4O6/c1-15(2)29-25(31)30-20-6-5-16(9-19(20)26)36-24-18-10-22(32-3)23(11-21(18)27-14-28-24)35-8-4-7-34-17-12-33-13-17/h5-6,9-11,14-15,17H,4,7-8,12-13H2,1-3H3,(H2,29,30,31). The van der Waals surface area contributed by atoms with Crippen molar-refractivity contribution in [3.05, 3.63) is 41.7 Å². The third-order valence-corrected chi connectivity index (χ3v) is 5.53. The van der Waals surface area contributed by atoms with E-state index in [0.29, 0.717) is 71.2 Å². The molecule has 1 aliphatic rings. The van der Waals surface area contributed by atoms with Gasteiger partial charge in [-0.2, -0.15) is 0 Å². The van der Waals surface area contributed by atoms with Crippen molar-refractivity contribution in [3.63, 3.8) is 0 Å². The smallest absolute Gasteiger partial charge is 0.319 e. The SMILES string of the molecule is COc1cc2c(Oc3ccc(NC(=O)NC(C)C)c(Cl)c3)ncnc2cc1OCCCOC1COC1. The summed E-state index contributed by atoms with van der Waals surface area (Å²) in [7, 11) is 1.57. The summed E-state index contributed by atoms with van der Waals surface area (Å²) in [5.74, 6) is 1.88. The molecule has 0 radical (unpaired) electrons. The lowest BCUT2D eigenvalue weighted by atomic mass is 10.2. The second-order valence-corrected chi connectivity index (χ2v) is 8.84. The van der Waals surface area contributed by atoms with E-state index in [4.69, 9.17) is 35.3 Å². The molecule has 2 amide bonds. The molecule has 0 bridgehead atoms. The minimum Gasteiger partial charge on any atom is -0.493 e. The number of ether oxygens (including phenoxy) is 5. The van der Waals surface area contributed by atoms with Gasteiger partial charge in [-0.1, -0.05) is 11.6 Å². The van der Waals surface area contributed by atoms with Crippen LogP contribution in [0.15, 0.2) is 36.7 Å². The zero-order valence-electron chi connectivity index (χ0n) is 20.4. The highest BCUT2D eigenvalue weighted by Crippen LogP contribution is 2.37. The molecule has 0 aliphatic carbocycles. The van der Waals surface area contributed by atoms with Gasteiger partial charge in [0.2, 0.25) is 5.88 Å². The average Bonchev–Trinajstić information content (AvgIpc) is 2.81. The highest BCUT2D eigenvalue weighted by atomic mass is 35.5. The van der Waals surface area contributed by atoms with Gasteiger partial charge in [0.15, 0.2) is 11.5 Å². The first-order valence-electron chi connectivity index (χ1n) is 11.6. The van der Waals surface area contributed by atoms with Crippen LogP contribution in [0.25, 0.3) is 10.9 Å². The van der Waals surface area contributed by atoms with Crippen LogP contribution in [-0.2, 0) is 9.47 Å². The Morgan fingerprint density at radius 3 is 2.69 bits per heavy atom. The number of nitrogens with zero attached hydrogens (tertiary/aromatic N) is 2. The van der Waals surface area contributed by atoms with Gasteiger partial charge >= 0.3 is 6.03 Å². The first kappa shape index (κ1) is 25.7. The number of methoxy groups -OCH3 is 1.